The molecule has 1 radical (unpaired) electrons. The van der Waals surface area contributed by atoms with Gasteiger partial charge in [-0.1, -0.05) is 50.1 Å². The van der Waals surface area contributed by atoms with Gasteiger partial charge in [-0.05, 0) is 17.2 Å². The van der Waals surface area contributed by atoms with Gasteiger partial charge < -0.3 is 0 Å². The molecule has 0 aliphatic rings. The zero-order valence-corrected chi connectivity index (χ0v) is 8.57. The summed E-state index contributed by atoms with van der Waals surface area (Å²) in [4.78, 5) is 0. The van der Waals surface area contributed by atoms with Crippen LogP contribution in [-0.4, -0.2) is 0 Å². The van der Waals surface area contributed by atoms with Crippen molar-refractivity contribution in [1.82, 2.24) is 0 Å². The van der Waals surface area contributed by atoms with Gasteiger partial charge in [-0.15, -0.1) is 0 Å². The number of hydrogen-bond acceptors (Lipinski definition) is 0. The van der Waals surface area contributed by atoms with Gasteiger partial charge in [-0.2, -0.15) is 0 Å². The van der Waals surface area contributed by atoms with Crippen LogP contribution < -0.4 is 0 Å². The summed E-state index contributed by atoms with van der Waals surface area (Å²) >= 11 is 6.75. The summed E-state index contributed by atoms with van der Waals surface area (Å²) in [6, 6.07) is 9.41. The van der Waals surface area contributed by atoms with Gasteiger partial charge in [0.2, 0.25) is 0 Å². The first-order chi connectivity index (χ1) is 4.86. The lowest BCUT2D eigenvalue weighted by molar-refractivity contribution is 1.34. The van der Waals surface area contributed by atoms with Gasteiger partial charge in [0.1, 0.15) is 0 Å². The molecule has 0 nitrogen and oxygen atoms in total. The molecule has 0 aliphatic heterocycles. The minimum absolute atomic E-state index is 0.883. The zero-order chi connectivity index (χ0) is 7.40. The largest absolute Gasteiger partial charge is 0.0876 e. The van der Waals surface area contributed by atoms with Crippen LogP contribution in [0.2, 0.25) is 0 Å². The monoisotopic (exact) mass is 261 g/mol. The first-order valence-electron chi connectivity index (χ1n) is 2.99. The third kappa shape index (κ3) is 2.10. The Morgan fingerprint density at radius 1 is 1.10 bits per heavy atom. The second kappa shape index (κ2) is 4.14. The predicted octanol–water partition coefficient (Wildman–Crippen LogP) is 3.28. The third-order valence-electron chi connectivity index (χ3n) is 1.20. The molecule has 0 aromatic heterocycles. The molecule has 1 rings (SSSR count). The van der Waals surface area contributed by atoms with Crippen molar-refractivity contribution < 1.29 is 0 Å². The molecule has 2 heteroatoms. The van der Waals surface area contributed by atoms with Crippen molar-refractivity contribution in [3.05, 3.63) is 35.4 Å². The molecule has 53 valence electrons. The summed E-state index contributed by atoms with van der Waals surface area (Å²) in [6.07, 6.45) is 0. The summed E-state index contributed by atoms with van der Waals surface area (Å²) in [5, 5.41) is 1.77. The first-order valence-corrected chi connectivity index (χ1v) is 5.23. The Morgan fingerprint density at radius 3 is 2.00 bits per heavy atom. The van der Waals surface area contributed by atoms with E-state index < -0.39 is 0 Å². The lowest BCUT2D eigenvalue weighted by Gasteiger charge is -1.96. The van der Waals surface area contributed by atoms with Gasteiger partial charge in [0.05, 0.1) is 0 Å². The Labute approximate surface area is 77.9 Å². The maximum absolute atomic E-state index is 3.37. The standard InChI is InChI=1S/C8H7Br2/c9-5-7-2-1-3-8(4-7)6-10/h1-3H,5-6H2. The van der Waals surface area contributed by atoms with Gasteiger partial charge in [-0.3, -0.25) is 0 Å². The second-order valence-electron chi connectivity index (χ2n) is 1.97. The summed E-state index contributed by atoms with van der Waals surface area (Å²) in [5.74, 6) is 0. The van der Waals surface area contributed by atoms with Crippen molar-refractivity contribution in [3.8, 4) is 0 Å². The number of alkyl halides is 2. The Balaban J connectivity index is 2.87. The molecule has 1 aromatic rings. The highest BCUT2D eigenvalue weighted by atomic mass is 79.9. The number of hydrogen-bond donors (Lipinski definition) is 0. The van der Waals surface area contributed by atoms with Crippen LogP contribution in [-0.2, 0) is 10.7 Å². The molecule has 0 aliphatic carbocycles. The van der Waals surface area contributed by atoms with E-state index in [1.807, 2.05) is 6.07 Å². The topological polar surface area (TPSA) is 0 Å². The van der Waals surface area contributed by atoms with Crippen molar-refractivity contribution in [2.75, 3.05) is 0 Å². The van der Waals surface area contributed by atoms with E-state index in [1.165, 1.54) is 11.1 Å². The quantitative estimate of drug-likeness (QED) is 0.718. The van der Waals surface area contributed by atoms with Crippen LogP contribution in [0.4, 0.5) is 0 Å². The summed E-state index contributed by atoms with van der Waals surface area (Å²) in [5.41, 5.74) is 2.41. The molecule has 0 bridgehead atoms. The minimum Gasteiger partial charge on any atom is -0.0876 e. The van der Waals surface area contributed by atoms with Crippen molar-refractivity contribution >= 4 is 31.9 Å². The van der Waals surface area contributed by atoms with Crippen molar-refractivity contribution in [1.29, 1.82) is 0 Å². The van der Waals surface area contributed by atoms with Crippen LogP contribution in [0.3, 0.4) is 0 Å². The highest BCUT2D eigenvalue weighted by molar-refractivity contribution is 9.08. The van der Waals surface area contributed by atoms with Gasteiger partial charge >= 0.3 is 0 Å². The van der Waals surface area contributed by atoms with Gasteiger partial charge in [0, 0.05) is 10.7 Å². The molecule has 1 aromatic carbocycles. The molecule has 0 N–H and O–H groups in total. The van der Waals surface area contributed by atoms with Gasteiger partial charge in [0.15, 0.2) is 0 Å². The van der Waals surface area contributed by atoms with Gasteiger partial charge in [0.25, 0.3) is 0 Å². The number of rotatable bonds is 2. The molecular formula is C8H7Br2. The average Bonchev–Trinajstić information content (AvgIpc) is 2.05. The molecule has 10 heavy (non-hydrogen) atoms. The number of benzene rings is 1. The van der Waals surface area contributed by atoms with Crippen LogP contribution in [0.1, 0.15) is 11.1 Å². The van der Waals surface area contributed by atoms with Crippen LogP contribution >= 0.6 is 31.9 Å². The molecule has 0 atom stereocenters. The van der Waals surface area contributed by atoms with Crippen LogP contribution in [0, 0.1) is 6.07 Å². The SMILES string of the molecule is BrCc1[c]c(CBr)ccc1. The Bertz CT molecular complexity index is 189. The maximum Gasteiger partial charge on any atom is 0.0289 e. The second-order valence-corrected chi connectivity index (χ2v) is 3.09. The molecule has 0 heterocycles. The van der Waals surface area contributed by atoms with E-state index in [0.717, 1.165) is 10.7 Å². The highest BCUT2D eigenvalue weighted by Crippen LogP contribution is 2.09. The van der Waals surface area contributed by atoms with E-state index in [9.17, 15) is 0 Å². The van der Waals surface area contributed by atoms with E-state index in [4.69, 9.17) is 0 Å². The fraction of sp³-hybridized carbons (Fsp3) is 0.250. The molecule has 0 amide bonds. The van der Waals surface area contributed by atoms with Crippen LogP contribution in [0.5, 0.6) is 0 Å². The van der Waals surface area contributed by atoms with Crippen LogP contribution in [0.25, 0.3) is 0 Å². The van der Waals surface area contributed by atoms with E-state index in [0.29, 0.717) is 0 Å². The molecule has 0 unspecified atom stereocenters. The molecule has 0 fully saturated rings. The van der Waals surface area contributed by atoms with E-state index in [1.54, 1.807) is 0 Å². The summed E-state index contributed by atoms with van der Waals surface area (Å²) < 4.78 is 0. The van der Waals surface area contributed by atoms with Crippen LogP contribution in [0.15, 0.2) is 18.2 Å². The molecule has 0 spiro atoms. The third-order valence-corrected chi connectivity index (χ3v) is 2.41. The number of halogens is 2. The van der Waals surface area contributed by atoms with E-state index in [-0.39, 0.29) is 0 Å². The first kappa shape index (κ1) is 8.28. The molecule has 0 saturated carbocycles. The van der Waals surface area contributed by atoms with E-state index in [2.05, 4.69) is 50.1 Å². The fourth-order valence-corrected chi connectivity index (χ4v) is 1.38. The Morgan fingerprint density at radius 2 is 1.60 bits per heavy atom. The Kier molecular flexibility index (Phi) is 3.43. The summed E-state index contributed by atoms with van der Waals surface area (Å²) in [6.45, 7) is 0. The smallest absolute Gasteiger partial charge is 0.0289 e. The molecule has 0 saturated heterocycles. The maximum atomic E-state index is 3.37. The lowest BCUT2D eigenvalue weighted by Crippen LogP contribution is -1.81. The Hall–Kier alpha value is 0.180. The highest BCUT2D eigenvalue weighted by Gasteiger charge is 1.91. The predicted molar refractivity (Wildman–Crippen MR) is 50.5 cm³/mol. The average molecular weight is 263 g/mol. The summed E-state index contributed by atoms with van der Waals surface area (Å²) in [7, 11) is 0. The van der Waals surface area contributed by atoms with Gasteiger partial charge in [-0.25, -0.2) is 0 Å². The lowest BCUT2D eigenvalue weighted by atomic mass is 10.2. The molecular weight excluding hydrogens is 256 g/mol. The normalized spacial score (nSPS) is 9.80. The van der Waals surface area contributed by atoms with Crippen molar-refractivity contribution in [2.24, 2.45) is 0 Å². The van der Waals surface area contributed by atoms with E-state index >= 15 is 0 Å². The zero-order valence-electron chi connectivity index (χ0n) is 5.40. The van der Waals surface area contributed by atoms with Crippen molar-refractivity contribution in [3.63, 3.8) is 0 Å². The minimum atomic E-state index is 0.883. The van der Waals surface area contributed by atoms with Crippen molar-refractivity contribution in [2.45, 2.75) is 10.7 Å². The fourth-order valence-electron chi connectivity index (χ4n) is 0.726.